The van der Waals surface area contributed by atoms with E-state index in [9.17, 15) is 4.79 Å². The van der Waals surface area contributed by atoms with E-state index >= 15 is 0 Å². The molecule has 122 valence electrons. The lowest BCUT2D eigenvalue weighted by Crippen LogP contribution is -2.44. The van der Waals surface area contributed by atoms with Gasteiger partial charge in [0.2, 0.25) is 0 Å². The summed E-state index contributed by atoms with van der Waals surface area (Å²) in [6.07, 6.45) is 6.23. The normalized spacial score (nSPS) is 16.5. The quantitative estimate of drug-likeness (QED) is 0.785. The molecule has 0 saturated carbocycles. The maximum absolute atomic E-state index is 12.2. The molecule has 1 fully saturated rings. The minimum atomic E-state index is 0.00449. The van der Waals surface area contributed by atoms with Gasteiger partial charge in [0, 0.05) is 37.9 Å². The van der Waals surface area contributed by atoms with Crippen LogP contribution in [-0.2, 0) is 6.42 Å². The number of rotatable bonds is 7. The second kappa shape index (κ2) is 8.73. The predicted molar refractivity (Wildman–Crippen MR) is 88.9 cm³/mol. The molecule has 5 heteroatoms. The number of likely N-dealkylation sites (tertiary alicyclic amines) is 1. The summed E-state index contributed by atoms with van der Waals surface area (Å²) in [4.78, 5) is 20.7. The molecule has 1 unspecified atom stereocenters. The van der Waals surface area contributed by atoms with Crippen molar-refractivity contribution < 1.29 is 4.79 Å². The lowest BCUT2D eigenvalue weighted by molar-refractivity contribution is 0.192. The van der Waals surface area contributed by atoms with Crippen LogP contribution in [-0.4, -0.2) is 60.1 Å². The third-order valence-corrected chi connectivity index (χ3v) is 4.34. The largest absolute Gasteiger partial charge is 0.338 e. The highest BCUT2D eigenvalue weighted by molar-refractivity contribution is 5.74. The second-order valence-corrected chi connectivity index (χ2v) is 6.12. The van der Waals surface area contributed by atoms with Gasteiger partial charge in [-0.1, -0.05) is 6.07 Å². The Bertz CT molecular complexity index is 445. The summed E-state index contributed by atoms with van der Waals surface area (Å²) in [6, 6.07) is 6.02. The highest BCUT2D eigenvalue weighted by atomic mass is 16.2. The van der Waals surface area contributed by atoms with E-state index in [0.29, 0.717) is 0 Å². The molecule has 0 aliphatic carbocycles. The molecule has 2 heterocycles. The Hall–Kier alpha value is -1.62. The summed E-state index contributed by atoms with van der Waals surface area (Å²) in [5.41, 5.74) is 1.02. The zero-order chi connectivity index (χ0) is 15.8. The van der Waals surface area contributed by atoms with Crippen LogP contribution in [0.3, 0.4) is 0 Å². The summed E-state index contributed by atoms with van der Waals surface area (Å²) >= 11 is 0. The Kier molecular flexibility index (Phi) is 6.65. The smallest absolute Gasteiger partial charge is 0.317 e. The van der Waals surface area contributed by atoms with Gasteiger partial charge in [-0.25, -0.2) is 4.79 Å². The highest BCUT2D eigenvalue weighted by Gasteiger charge is 2.16. The van der Waals surface area contributed by atoms with Crippen LogP contribution in [0.5, 0.6) is 0 Å². The van der Waals surface area contributed by atoms with Crippen molar-refractivity contribution >= 4 is 6.03 Å². The van der Waals surface area contributed by atoms with E-state index in [0.717, 1.165) is 31.6 Å². The van der Waals surface area contributed by atoms with Crippen molar-refractivity contribution in [2.75, 3.05) is 33.2 Å². The number of pyridine rings is 1. The third kappa shape index (κ3) is 5.30. The van der Waals surface area contributed by atoms with Gasteiger partial charge in [0.25, 0.3) is 0 Å². The lowest BCUT2D eigenvalue weighted by Gasteiger charge is -2.25. The van der Waals surface area contributed by atoms with E-state index in [1.807, 2.05) is 25.2 Å². The molecule has 1 aromatic heterocycles. The Morgan fingerprint density at radius 1 is 1.41 bits per heavy atom. The Labute approximate surface area is 133 Å². The van der Waals surface area contributed by atoms with Crippen molar-refractivity contribution in [2.24, 2.45) is 0 Å². The Morgan fingerprint density at radius 2 is 2.18 bits per heavy atom. The van der Waals surface area contributed by atoms with Crippen molar-refractivity contribution in [3.8, 4) is 0 Å². The average Bonchev–Trinajstić information content (AvgIpc) is 3.05. The van der Waals surface area contributed by atoms with Crippen LogP contribution in [0.15, 0.2) is 24.4 Å². The molecular formula is C17H28N4O. The summed E-state index contributed by atoms with van der Waals surface area (Å²) < 4.78 is 0. The summed E-state index contributed by atoms with van der Waals surface area (Å²) in [7, 11) is 1.85. The molecule has 1 aromatic rings. The van der Waals surface area contributed by atoms with Crippen molar-refractivity contribution in [2.45, 2.75) is 38.6 Å². The van der Waals surface area contributed by atoms with Gasteiger partial charge in [-0.15, -0.1) is 0 Å². The fourth-order valence-electron chi connectivity index (χ4n) is 2.79. The van der Waals surface area contributed by atoms with E-state index < -0.39 is 0 Å². The fourth-order valence-corrected chi connectivity index (χ4v) is 2.79. The predicted octanol–water partition coefficient (Wildman–Crippen LogP) is 2.14. The van der Waals surface area contributed by atoms with Crippen molar-refractivity contribution in [3.05, 3.63) is 30.1 Å². The van der Waals surface area contributed by atoms with E-state index in [2.05, 4.69) is 22.1 Å². The molecule has 1 atom stereocenters. The summed E-state index contributed by atoms with van der Waals surface area (Å²) in [5.74, 6) is 0. The zero-order valence-corrected chi connectivity index (χ0v) is 13.8. The monoisotopic (exact) mass is 304 g/mol. The number of carbonyl (C=O) groups is 1. The lowest BCUT2D eigenvalue weighted by atomic mass is 10.1. The topological polar surface area (TPSA) is 48.5 Å². The average molecular weight is 304 g/mol. The molecule has 1 aliphatic heterocycles. The summed E-state index contributed by atoms with van der Waals surface area (Å²) in [6.45, 7) is 6.33. The standard InChI is InChI=1S/C17H28N4O/c1-15(14-16-8-3-4-9-18-16)20(2)17(22)19-10-7-13-21-11-5-6-12-21/h3-4,8-9,15H,5-7,10-14H2,1-2H3,(H,19,22). The Balaban J connectivity index is 1.65. The van der Waals surface area contributed by atoms with Gasteiger partial charge in [-0.2, -0.15) is 0 Å². The molecule has 22 heavy (non-hydrogen) atoms. The highest BCUT2D eigenvalue weighted by Crippen LogP contribution is 2.07. The van der Waals surface area contributed by atoms with E-state index in [1.165, 1.54) is 25.9 Å². The number of nitrogens with one attached hydrogen (secondary N) is 1. The maximum Gasteiger partial charge on any atom is 0.317 e. The molecule has 2 amide bonds. The van der Waals surface area contributed by atoms with Crippen LogP contribution >= 0.6 is 0 Å². The first-order valence-corrected chi connectivity index (χ1v) is 8.30. The first-order chi connectivity index (χ1) is 10.7. The van der Waals surface area contributed by atoms with Gasteiger partial charge in [0.05, 0.1) is 0 Å². The second-order valence-electron chi connectivity index (χ2n) is 6.12. The number of amides is 2. The third-order valence-electron chi connectivity index (χ3n) is 4.34. The number of nitrogens with zero attached hydrogens (tertiary/aromatic N) is 3. The maximum atomic E-state index is 12.2. The van der Waals surface area contributed by atoms with Crippen molar-refractivity contribution in [3.63, 3.8) is 0 Å². The zero-order valence-electron chi connectivity index (χ0n) is 13.8. The van der Waals surface area contributed by atoms with Crippen LogP contribution in [0.1, 0.15) is 31.9 Å². The van der Waals surface area contributed by atoms with E-state index in [1.54, 1.807) is 11.1 Å². The Morgan fingerprint density at radius 3 is 2.86 bits per heavy atom. The molecular weight excluding hydrogens is 276 g/mol. The number of carbonyl (C=O) groups excluding carboxylic acids is 1. The van der Waals surface area contributed by atoms with E-state index in [-0.39, 0.29) is 12.1 Å². The van der Waals surface area contributed by atoms with Gasteiger partial charge in [-0.05, 0) is 58.0 Å². The van der Waals surface area contributed by atoms with Crippen molar-refractivity contribution in [1.82, 2.24) is 20.1 Å². The first kappa shape index (κ1) is 16.7. The van der Waals surface area contributed by atoms with Gasteiger partial charge in [-0.3, -0.25) is 4.98 Å². The number of likely N-dealkylation sites (N-methyl/N-ethyl adjacent to an activating group) is 1. The van der Waals surface area contributed by atoms with Gasteiger partial charge in [0.1, 0.15) is 0 Å². The van der Waals surface area contributed by atoms with Crippen LogP contribution in [0, 0.1) is 0 Å². The van der Waals surface area contributed by atoms with Gasteiger partial charge in [0.15, 0.2) is 0 Å². The first-order valence-electron chi connectivity index (χ1n) is 8.30. The van der Waals surface area contributed by atoms with Crippen molar-refractivity contribution in [1.29, 1.82) is 0 Å². The molecule has 1 saturated heterocycles. The number of hydrogen-bond acceptors (Lipinski definition) is 3. The minimum Gasteiger partial charge on any atom is -0.338 e. The molecule has 0 spiro atoms. The molecule has 1 N–H and O–H groups in total. The minimum absolute atomic E-state index is 0.00449. The van der Waals surface area contributed by atoms with Crippen LogP contribution in [0.25, 0.3) is 0 Å². The van der Waals surface area contributed by atoms with E-state index in [4.69, 9.17) is 0 Å². The molecule has 0 aromatic carbocycles. The summed E-state index contributed by atoms with van der Waals surface area (Å²) in [5, 5.41) is 3.01. The molecule has 0 bridgehead atoms. The molecule has 1 aliphatic rings. The fraction of sp³-hybridized carbons (Fsp3) is 0.647. The van der Waals surface area contributed by atoms with Gasteiger partial charge >= 0.3 is 6.03 Å². The van der Waals surface area contributed by atoms with Gasteiger partial charge < -0.3 is 15.1 Å². The van der Waals surface area contributed by atoms with Crippen LogP contribution < -0.4 is 5.32 Å². The molecule has 0 radical (unpaired) electrons. The van der Waals surface area contributed by atoms with Crippen LogP contribution in [0.4, 0.5) is 4.79 Å². The number of aromatic nitrogens is 1. The number of hydrogen-bond donors (Lipinski definition) is 1. The molecule has 5 nitrogen and oxygen atoms in total. The van der Waals surface area contributed by atoms with Crippen LogP contribution in [0.2, 0.25) is 0 Å². The molecule has 2 rings (SSSR count). The number of urea groups is 1. The SMILES string of the molecule is CC(Cc1ccccn1)N(C)C(=O)NCCCN1CCCC1.